The van der Waals surface area contributed by atoms with Crippen LogP contribution in [0, 0.1) is 25.2 Å². The zero-order valence-corrected chi connectivity index (χ0v) is 13.7. The molecule has 0 bridgehead atoms. The second-order valence-electron chi connectivity index (χ2n) is 5.11. The van der Waals surface area contributed by atoms with E-state index in [1.165, 1.54) is 7.05 Å². The Bertz CT molecular complexity index is 793. The summed E-state index contributed by atoms with van der Waals surface area (Å²) in [6.07, 6.45) is 1.61. The number of methoxy groups -OCH3 is 1. The van der Waals surface area contributed by atoms with Gasteiger partial charge in [0, 0.05) is 24.1 Å². The predicted octanol–water partition coefficient (Wildman–Crippen LogP) is 2.76. The first-order chi connectivity index (χ1) is 11.0. The number of nitriles is 1. The van der Waals surface area contributed by atoms with Gasteiger partial charge in [-0.1, -0.05) is 0 Å². The Morgan fingerprint density at radius 3 is 2.48 bits per heavy atom. The Kier molecular flexibility index (Phi) is 4.87. The van der Waals surface area contributed by atoms with Crippen LogP contribution in [0.2, 0.25) is 0 Å². The van der Waals surface area contributed by atoms with Crippen LogP contribution in [0.1, 0.15) is 17.0 Å². The minimum Gasteiger partial charge on any atom is -0.497 e. The SMILES string of the molecule is CNC(=O)/C(C#N)=C\c1cc(C)n(-c2ccc(OC)cc2)c1C. The van der Waals surface area contributed by atoms with Gasteiger partial charge in [-0.15, -0.1) is 0 Å². The molecule has 5 heteroatoms. The summed E-state index contributed by atoms with van der Waals surface area (Å²) >= 11 is 0. The van der Waals surface area contributed by atoms with Crippen LogP contribution in [0.15, 0.2) is 35.9 Å². The summed E-state index contributed by atoms with van der Waals surface area (Å²) in [5.41, 5.74) is 3.91. The number of ether oxygens (including phenoxy) is 1. The van der Waals surface area contributed by atoms with E-state index >= 15 is 0 Å². The second kappa shape index (κ2) is 6.84. The maximum absolute atomic E-state index is 11.7. The highest BCUT2D eigenvalue weighted by molar-refractivity contribution is 6.01. The number of aryl methyl sites for hydroxylation is 1. The molecule has 0 radical (unpaired) electrons. The molecule has 5 nitrogen and oxygen atoms in total. The number of aromatic nitrogens is 1. The minimum absolute atomic E-state index is 0.0856. The van der Waals surface area contributed by atoms with Crippen LogP contribution < -0.4 is 10.1 Å². The molecule has 0 atom stereocenters. The summed E-state index contributed by atoms with van der Waals surface area (Å²) in [4.78, 5) is 11.7. The normalized spacial score (nSPS) is 11.0. The van der Waals surface area contributed by atoms with Crippen LogP contribution in [0.4, 0.5) is 0 Å². The highest BCUT2D eigenvalue weighted by Gasteiger charge is 2.12. The number of hydrogen-bond acceptors (Lipinski definition) is 3. The largest absolute Gasteiger partial charge is 0.497 e. The Morgan fingerprint density at radius 2 is 1.96 bits per heavy atom. The van der Waals surface area contributed by atoms with Gasteiger partial charge in [0.05, 0.1) is 7.11 Å². The number of nitrogens with one attached hydrogen (secondary N) is 1. The standard InChI is InChI=1S/C18H19N3O2/c1-12-9-14(10-15(11-19)18(22)20-3)13(2)21(12)16-5-7-17(23-4)8-6-16/h5-10H,1-4H3,(H,20,22)/b15-10-. The van der Waals surface area contributed by atoms with E-state index in [0.29, 0.717) is 0 Å². The van der Waals surface area contributed by atoms with E-state index in [1.807, 2.05) is 50.2 Å². The van der Waals surface area contributed by atoms with E-state index in [4.69, 9.17) is 10.00 Å². The molecule has 1 aromatic carbocycles. The van der Waals surface area contributed by atoms with Crippen LogP contribution in [-0.4, -0.2) is 24.6 Å². The molecule has 1 heterocycles. The Labute approximate surface area is 135 Å². The number of hydrogen-bond donors (Lipinski definition) is 1. The number of carbonyl (C=O) groups excluding carboxylic acids is 1. The van der Waals surface area contributed by atoms with E-state index in [9.17, 15) is 4.79 Å². The highest BCUT2D eigenvalue weighted by Crippen LogP contribution is 2.24. The van der Waals surface area contributed by atoms with Gasteiger partial charge in [0.2, 0.25) is 0 Å². The van der Waals surface area contributed by atoms with Crippen molar-refractivity contribution in [3.05, 3.63) is 52.9 Å². The third kappa shape index (κ3) is 3.27. The van der Waals surface area contributed by atoms with Crippen LogP contribution >= 0.6 is 0 Å². The lowest BCUT2D eigenvalue weighted by molar-refractivity contribution is -0.116. The molecular formula is C18H19N3O2. The maximum atomic E-state index is 11.7. The molecule has 0 fully saturated rings. The zero-order valence-electron chi connectivity index (χ0n) is 13.7. The number of benzene rings is 1. The fourth-order valence-electron chi connectivity index (χ4n) is 2.50. The van der Waals surface area contributed by atoms with Crippen molar-refractivity contribution in [2.24, 2.45) is 0 Å². The van der Waals surface area contributed by atoms with E-state index in [2.05, 4.69) is 9.88 Å². The quantitative estimate of drug-likeness (QED) is 0.697. The van der Waals surface area contributed by atoms with Gasteiger partial charge in [0.15, 0.2) is 0 Å². The van der Waals surface area contributed by atoms with Gasteiger partial charge in [-0.05, 0) is 55.8 Å². The van der Waals surface area contributed by atoms with Crippen molar-refractivity contribution in [2.45, 2.75) is 13.8 Å². The lowest BCUT2D eigenvalue weighted by Crippen LogP contribution is -2.19. The first kappa shape index (κ1) is 16.4. The van der Waals surface area contributed by atoms with Crippen molar-refractivity contribution in [2.75, 3.05) is 14.2 Å². The third-order valence-corrected chi connectivity index (χ3v) is 3.69. The van der Waals surface area contributed by atoms with Gasteiger partial charge in [0.1, 0.15) is 17.4 Å². The molecule has 0 aliphatic heterocycles. The van der Waals surface area contributed by atoms with E-state index in [-0.39, 0.29) is 11.5 Å². The van der Waals surface area contributed by atoms with Gasteiger partial charge < -0.3 is 14.6 Å². The molecule has 23 heavy (non-hydrogen) atoms. The lowest BCUT2D eigenvalue weighted by Gasteiger charge is -2.10. The molecule has 2 aromatic rings. The smallest absolute Gasteiger partial charge is 0.261 e. The average molecular weight is 309 g/mol. The summed E-state index contributed by atoms with van der Waals surface area (Å²) in [5, 5.41) is 11.6. The Morgan fingerprint density at radius 1 is 1.30 bits per heavy atom. The molecular weight excluding hydrogens is 290 g/mol. The molecule has 1 amide bonds. The summed E-state index contributed by atoms with van der Waals surface area (Å²) < 4.78 is 7.25. The second-order valence-corrected chi connectivity index (χ2v) is 5.11. The molecule has 1 aromatic heterocycles. The van der Waals surface area contributed by atoms with Gasteiger partial charge in [0.25, 0.3) is 5.91 Å². The number of amides is 1. The molecule has 118 valence electrons. The van der Waals surface area contributed by atoms with Crippen LogP contribution in [0.25, 0.3) is 11.8 Å². The summed E-state index contributed by atoms with van der Waals surface area (Å²) in [7, 11) is 3.14. The first-order valence-electron chi connectivity index (χ1n) is 7.19. The van der Waals surface area contributed by atoms with Crippen molar-refractivity contribution in [1.82, 2.24) is 9.88 Å². The summed E-state index contributed by atoms with van der Waals surface area (Å²) in [6, 6.07) is 11.6. The maximum Gasteiger partial charge on any atom is 0.261 e. The van der Waals surface area contributed by atoms with Crippen LogP contribution in [0.3, 0.4) is 0 Å². The number of carbonyl (C=O) groups is 1. The van der Waals surface area contributed by atoms with E-state index in [1.54, 1.807) is 13.2 Å². The number of likely N-dealkylation sites (N-methyl/N-ethyl adjacent to an activating group) is 1. The fourth-order valence-corrected chi connectivity index (χ4v) is 2.50. The van der Waals surface area contributed by atoms with Gasteiger partial charge in [-0.25, -0.2) is 0 Å². The lowest BCUT2D eigenvalue weighted by atomic mass is 10.1. The summed E-state index contributed by atoms with van der Waals surface area (Å²) in [5.74, 6) is 0.407. The van der Waals surface area contributed by atoms with Crippen molar-refractivity contribution >= 4 is 12.0 Å². The molecule has 0 saturated carbocycles. The van der Waals surface area contributed by atoms with Crippen molar-refractivity contribution in [3.8, 4) is 17.5 Å². The number of nitrogens with zero attached hydrogens (tertiary/aromatic N) is 2. The Hall–Kier alpha value is -3.00. The van der Waals surface area contributed by atoms with Gasteiger partial charge in [-0.2, -0.15) is 5.26 Å². The average Bonchev–Trinajstić information content (AvgIpc) is 2.85. The molecule has 2 rings (SSSR count). The summed E-state index contributed by atoms with van der Waals surface area (Å²) in [6.45, 7) is 3.95. The third-order valence-electron chi connectivity index (χ3n) is 3.69. The van der Waals surface area contributed by atoms with Gasteiger partial charge in [-0.3, -0.25) is 4.79 Å². The minimum atomic E-state index is -0.387. The highest BCUT2D eigenvalue weighted by atomic mass is 16.5. The first-order valence-corrected chi connectivity index (χ1v) is 7.19. The molecule has 0 unspecified atom stereocenters. The fraction of sp³-hybridized carbons (Fsp3) is 0.222. The molecule has 1 N–H and O–H groups in total. The predicted molar refractivity (Wildman–Crippen MR) is 89.5 cm³/mol. The van der Waals surface area contributed by atoms with E-state index in [0.717, 1.165) is 28.4 Å². The number of rotatable bonds is 4. The van der Waals surface area contributed by atoms with Crippen LogP contribution in [0.5, 0.6) is 5.75 Å². The molecule has 0 saturated heterocycles. The van der Waals surface area contributed by atoms with Crippen LogP contribution in [-0.2, 0) is 4.79 Å². The van der Waals surface area contributed by atoms with Crippen molar-refractivity contribution in [1.29, 1.82) is 5.26 Å². The molecule has 0 aliphatic rings. The molecule has 0 spiro atoms. The topological polar surface area (TPSA) is 67.0 Å². The molecule has 0 aliphatic carbocycles. The van der Waals surface area contributed by atoms with Crippen molar-refractivity contribution < 1.29 is 9.53 Å². The van der Waals surface area contributed by atoms with Gasteiger partial charge >= 0.3 is 0 Å². The Balaban J connectivity index is 2.49. The van der Waals surface area contributed by atoms with Crippen molar-refractivity contribution in [3.63, 3.8) is 0 Å². The van der Waals surface area contributed by atoms with E-state index < -0.39 is 0 Å². The monoisotopic (exact) mass is 309 g/mol. The zero-order chi connectivity index (χ0) is 17.0.